The van der Waals surface area contributed by atoms with Gasteiger partial charge in [-0.1, -0.05) is 30.4 Å². The highest BCUT2D eigenvalue weighted by Gasteiger charge is 2.71. The van der Waals surface area contributed by atoms with Crippen LogP contribution in [-0.4, -0.2) is 79.2 Å². The molecule has 6 N–H and O–H groups in total. The topological polar surface area (TPSA) is 140 Å². The number of benzene rings is 1. The maximum atomic E-state index is 11.8. The normalized spacial score (nSPS) is 40.7. The van der Waals surface area contributed by atoms with Crippen molar-refractivity contribution in [2.45, 2.75) is 74.0 Å². The van der Waals surface area contributed by atoms with E-state index in [-0.39, 0.29) is 38.2 Å². The summed E-state index contributed by atoms with van der Waals surface area (Å²) in [6.07, 6.45) is 0.132. The largest absolute Gasteiger partial charge is 0.462 e. The maximum Gasteiger partial charge on any atom is 0.232 e. The number of rotatable bonds is 8. The van der Waals surface area contributed by atoms with Gasteiger partial charge in [-0.15, -0.1) is 6.58 Å². The Morgan fingerprint density at radius 1 is 1.18 bits per heavy atom. The summed E-state index contributed by atoms with van der Waals surface area (Å²) < 4.78 is 12.0. The van der Waals surface area contributed by atoms with E-state index in [0.717, 1.165) is 5.56 Å². The van der Waals surface area contributed by atoms with Gasteiger partial charge in [0, 0.05) is 12.5 Å². The fourth-order valence-corrected chi connectivity index (χ4v) is 5.68. The summed E-state index contributed by atoms with van der Waals surface area (Å²) in [6, 6.07) is 7.12. The van der Waals surface area contributed by atoms with Crippen LogP contribution < -0.4 is 4.74 Å². The molecule has 1 saturated carbocycles. The molecule has 1 aliphatic heterocycles. The van der Waals surface area contributed by atoms with Crippen LogP contribution in [0.25, 0.3) is 0 Å². The lowest BCUT2D eigenvalue weighted by atomic mass is 9.55. The first kappa shape index (κ1) is 24.3. The molecular weight excluding hydrogens is 428 g/mol. The Labute approximate surface area is 193 Å². The molecule has 2 aliphatic carbocycles. The van der Waals surface area contributed by atoms with Crippen LogP contribution in [0.4, 0.5) is 0 Å². The molecule has 182 valence electrons. The molecule has 9 atom stereocenters. The van der Waals surface area contributed by atoms with Crippen molar-refractivity contribution >= 4 is 0 Å². The van der Waals surface area contributed by atoms with Gasteiger partial charge in [0.1, 0.15) is 23.6 Å². The zero-order chi connectivity index (χ0) is 23.8. The smallest absolute Gasteiger partial charge is 0.232 e. The van der Waals surface area contributed by atoms with Gasteiger partial charge in [0.15, 0.2) is 5.60 Å². The molecule has 0 unspecified atom stereocenters. The van der Waals surface area contributed by atoms with E-state index in [1.807, 2.05) is 12.1 Å². The summed E-state index contributed by atoms with van der Waals surface area (Å²) in [4.78, 5) is 0. The lowest BCUT2D eigenvalue weighted by molar-refractivity contribution is -0.393. The molecule has 2 bridgehead atoms. The van der Waals surface area contributed by atoms with Crippen molar-refractivity contribution in [3.8, 4) is 5.75 Å². The van der Waals surface area contributed by atoms with E-state index < -0.39 is 47.8 Å². The quantitative estimate of drug-likeness (QED) is 0.306. The highest BCUT2D eigenvalue weighted by Crippen LogP contribution is 2.55. The number of aliphatic hydroxyl groups excluding tert-OH is 4. The van der Waals surface area contributed by atoms with Crippen LogP contribution in [0, 0.1) is 11.8 Å². The summed E-state index contributed by atoms with van der Waals surface area (Å²) in [5.74, 6) is -0.603. The van der Waals surface area contributed by atoms with Crippen LogP contribution in [0.15, 0.2) is 49.1 Å². The summed E-state index contributed by atoms with van der Waals surface area (Å²) >= 11 is 0. The van der Waals surface area contributed by atoms with Crippen molar-refractivity contribution in [1.29, 1.82) is 0 Å². The molecule has 1 saturated heterocycles. The fraction of sp³-hybridized carbons (Fsp3) is 0.600. The van der Waals surface area contributed by atoms with Gasteiger partial charge in [0.25, 0.3) is 0 Å². The molecule has 1 aromatic carbocycles. The summed E-state index contributed by atoms with van der Waals surface area (Å²) in [6.45, 7) is 3.58. The number of hydrogen-bond acceptors (Lipinski definition) is 8. The number of hydrogen-bond donors (Lipinski definition) is 6. The highest BCUT2D eigenvalue weighted by molar-refractivity contribution is 5.30. The number of ether oxygens (including phenoxy) is 2. The third-order valence-electron chi connectivity index (χ3n) is 7.36. The lowest BCUT2D eigenvalue weighted by Crippen LogP contribution is -2.80. The first-order valence-corrected chi connectivity index (χ1v) is 11.5. The van der Waals surface area contributed by atoms with Gasteiger partial charge in [-0.3, -0.25) is 0 Å². The lowest BCUT2D eigenvalue weighted by Gasteiger charge is -2.62. The Hall–Kier alpha value is -1.78. The Bertz CT molecular complexity index is 856. The average molecular weight is 463 g/mol. The van der Waals surface area contributed by atoms with Crippen molar-refractivity contribution in [1.82, 2.24) is 0 Å². The molecule has 1 aromatic rings. The second-order valence-electron chi connectivity index (χ2n) is 9.52. The number of allylic oxidation sites excluding steroid dienone is 2. The molecule has 0 aromatic heterocycles. The van der Waals surface area contributed by atoms with Gasteiger partial charge >= 0.3 is 0 Å². The van der Waals surface area contributed by atoms with Crippen molar-refractivity contribution in [3.05, 3.63) is 54.6 Å². The first-order chi connectivity index (χ1) is 15.7. The molecule has 2 fully saturated rings. The van der Waals surface area contributed by atoms with Crippen LogP contribution in [0.1, 0.15) is 31.2 Å². The monoisotopic (exact) mass is 462 g/mol. The Morgan fingerprint density at radius 3 is 2.58 bits per heavy atom. The molecule has 0 radical (unpaired) electrons. The van der Waals surface area contributed by atoms with Crippen molar-refractivity contribution in [2.75, 3.05) is 6.61 Å². The predicted molar refractivity (Wildman–Crippen MR) is 119 cm³/mol. The Kier molecular flexibility index (Phi) is 6.98. The Balaban J connectivity index is 1.70. The van der Waals surface area contributed by atoms with E-state index >= 15 is 0 Å². The molecule has 0 amide bonds. The van der Waals surface area contributed by atoms with Gasteiger partial charge in [0.2, 0.25) is 6.29 Å². The van der Waals surface area contributed by atoms with Crippen LogP contribution in [0.5, 0.6) is 5.75 Å². The molecule has 8 nitrogen and oxygen atoms in total. The van der Waals surface area contributed by atoms with Gasteiger partial charge in [-0.05, 0) is 55.7 Å². The molecule has 3 aliphatic rings. The third kappa shape index (κ3) is 4.25. The van der Waals surface area contributed by atoms with E-state index in [1.54, 1.807) is 30.4 Å². The zero-order valence-corrected chi connectivity index (χ0v) is 18.5. The molecule has 4 rings (SSSR count). The minimum Gasteiger partial charge on any atom is -0.462 e. The third-order valence-corrected chi connectivity index (χ3v) is 7.36. The van der Waals surface area contributed by atoms with Crippen LogP contribution in [0.3, 0.4) is 0 Å². The number of fused-ring (bicyclic) bond motifs is 4. The van der Waals surface area contributed by atoms with Crippen LogP contribution >= 0.6 is 0 Å². The summed E-state index contributed by atoms with van der Waals surface area (Å²) in [5, 5.41) is 64.8. The van der Waals surface area contributed by atoms with E-state index in [4.69, 9.17) is 14.6 Å². The van der Waals surface area contributed by atoms with E-state index in [0.29, 0.717) is 12.2 Å². The Morgan fingerprint density at radius 2 is 1.91 bits per heavy atom. The highest BCUT2D eigenvalue weighted by atomic mass is 16.7. The SMILES string of the molecule is C=CCc1ccc(O[C@@H]2O[C@H]([C@@H](O)CCCO)[C@]3(O)C[C@H]4C=C[C@@H](O)C[C@H]4[C@]2(O)[C@H]3O)cc1. The van der Waals surface area contributed by atoms with Crippen molar-refractivity contribution in [2.24, 2.45) is 11.8 Å². The second-order valence-corrected chi connectivity index (χ2v) is 9.52. The second kappa shape index (κ2) is 9.46. The molecule has 33 heavy (non-hydrogen) atoms. The summed E-state index contributed by atoms with van der Waals surface area (Å²) in [5.41, 5.74) is -2.95. The fourth-order valence-electron chi connectivity index (χ4n) is 5.68. The predicted octanol–water partition coefficient (Wildman–Crippen LogP) is 0.432. The maximum absolute atomic E-state index is 11.8. The minimum atomic E-state index is -2.03. The zero-order valence-electron chi connectivity index (χ0n) is 18.5. The molecule has 1 heterocycles. The van der Waals surface area contributed by atoms with Crippen molar-refractivity contribution in [3.63, 3.8) is 0 Å². The standard InChI is InChI=1S/C25H34O8/c1-2-4-15-6-10-18(11-7-15)32-23-25(31)19-13-17(27)9-8-16(19)14-24(30,22(25)29)21(33-23)20(28)5-3-12-26/h2,6-11,16-17,19-23,26-31H,1,3-5,12-14H2/t16-,17-,19-,20+,21-,22+,23-,24-,25+/m1/s1. The van der Waals surface area contributed by atoms with Crippen molar-refractivity contribution < 1.29 is 40.1 Å². The molecule has 0 spiro atoms. The first-order valence-electron chi connectivity index (χ1n) is 11.5. The van der Waals surface area contributed by atoms with Gasteiger partial charge in [0.05, 0.1) is 12.2 Å². The van der Waals surface area contributed by atoms with E-state index in [9.17, 15) is 25.5 Å². The van der Waals surface area contributed by atoms with E-state index in [2.05, 4.69) is 6.58 Å². The molecular formula is C25H34O8. The number of aliphatic hydroxyl groups is 6. The molecule has 8 heteroatoms. The van der Waals surface area contributed by atoms with Gasteiger partial charge in [-0.25, -0.2) is 0 Å². The van der Waals surface area contributed by atoms with Gasteiger partial charge in [-0.2, -0.15) is 0 Å². The van der Waals surface area contributed by atoms with Crippen LogP contribution in [0.2, 0.25) is 0 Å². The van der Waals surface area contributed by atoms with Crippen LogP contribution in [-0.2, 0) is 11.2 Å². The van der Waals surface area contributed by atoms with Gasteiger partial charge < -0.3 is 40.1 Å². The summed E-state index contributed by atoms with van der Waals surface area (Å²) in [7, 11) is 0. The van der Waals surface area contributed by atoms with E-state index in [1.165, 1.54) is 0 Å². The average Bonchev–Trinajstić information content (AvgIpc) is 2.80. The minimum absolute atomic E-state index is 0.0498.